The Hall–Kier alpha value is -3.17. The molecule has 2 atom stereocenters. The molecule has 1 fully saturated rings. The first kappa shape index (κ1) is 22.5. The SMILES string of the molecule is CN/C=C\Cc1ccc(Cc2cc(C(=O)N[C@H]3CCCC[C@@H]3O)nc(C)c2C#N)cc1. The molecule has 3 rings (SSSR count). The smallest absolute Gasteiger partial charge is 0.270 e. The number of aromatic nitrogens is 1. The molecule has 1 aliphatic rings. The van der Waals surface area contributed by atoms with Gasteiger partial charge in [0.15, 0.2) is 0 Å². The van der Waals surface area contributed by atoms with Crippen LogP contribution in [-0.2, 0) is 12.8 Å². The highest BCUT2D eigenvalue weighted by atomic mass is 16.3. The average molecular weight is 419 g/mol. The third-order valence-corrected chi connectivity index (χ3v) is 5.73. The van der Waals surface area contributed by atoms with Crippen LogP contribution in [0.2, 0.25) is 0 Å². The number of nitriles is 1. The zero-order valence-corrected chi connectivity index (χ0v) is 18.2. The van der Waals surface area contributed by atoms with Crippen LogP contribution in [0.3, 0.4) is 0 Å². The lowest BCUT2D eigenvalue weighted by molar-refractivity contribution is 0.0713. The zero-order valence-electron chi connectivity index (χ0n) is 18.2. The minimum Gasteiger partial charge on any atom is -0.394 e. The van der Waals surface area contributed by atoms with Crippen LogP contribution in [0.1, 0.15) is 64.1 Å². The molecule has 0 radical (unpaired) electrons. The quantitative estimate of drug-likeness (QED) is 0.642. The Labute approximate surface area is 184 Å². The standard InChI is InChI=1S/C25H30N4O2/c1-17-21(16-26)20(14-19-11-9-18(10-12-19)6-5-13-27-2)15-23(28-17)25(31)29-22-7-3-4-8-24(22)30/h5,9-13,15,22,24,27,30H,3-4,6-8,14H2,1-2H3,(H,29,31)/b13-5-/t22-,24-/m0/s1. The lowest BCUT2D eigenvalue weighted by Crippen LogP contribution is -2.45. The molecule has 0 aliphatic heterocycles. The number of hydrogen-bond acceptors (Lipinski definition) is 5. The fourth-order valence-corrected chi connectivity index (χ4v) is 3.99. The maximum atomic E-state index is 12.8. The van der Waals surface area contributed by atoms with E-state index in [1.165, 1.54) is 5.56 Å². The summed E-state index contributed by atoms with van der Waals surface area (Å²) in [5, 5.41) is 25.7. The molecule has 1 saturated carbocycles. The highest BCUT2D eigenvalue weighted by Gasteiger charge is 2.26. The summed E-state index contributed by atoms with van der Waals surface area (Å²) >= 11 is 0. The molecule has 3 N–H and O–H groups in total. The number of carbonyl (C=O) groups is 1. The average Bonchev–Trinajstić information content (AvgIpc) is 2.76. The van der Waals surface area contributed by atoms with Crippen LogP contribution in [-0.4, -0.2) is 35.2 Å². The number of hydrogen-bond donors (Lipinski definition) is 3. The Morgan fingerprint density at radius 2 is 1.97 bits per heavy atom. The van der Waals surface area contributed by atoms with Crippen molar-refractivity contribution in [2.45, 2.75) is 57.6 Å². The molecule has 1 amide bonds. The molecule has 1 aromatic carbocycles. The van der Waals surface area contributed by atoms with E-state index in [0.29, 0.717) is 24.1 Å². The number of nitrogens with zero attached hydrogens (tertiary/aromatic N) is 2. The van der Waals surface area contributed by atoms with Gasteiger partial charge in [-0.1, -0.05) is 43.2 Å². The number of amides is 1. The molecular weight excluding hydrogens is 388 g/mol. The van der Waals surface area contributed by atoms with Gasteiger partial charge in [0.2, 0.25) is 0 Å². The molecule has 1 aliphatic carbocycles. The number of aliphatic hydroxyl groups excluding tert-OH is 1. The van der Waals surface area contributed by atoms with Crippen LogP contribution in [0.5, 0.6) is 0 Å². The van der Waals surface area contributed by atoms with Gasteiger partial charge >= 0.3 is 0 Å². The monoisotopic (exact) mass is 418 g/mol. The Morgan fingerprint density at radius 1 is 1.26 bits per heavy atom. The first-order valence-corrected chi connectivity index (χ1v) is 10.8. The molecule has 0 saturated heterocycles. The number of nitrogens with one attached hydrogen (secondary N) is 2. The second kappa shape index (κ2) is 10.7. The highest BCUT2D eigenvalue weighted by Crippen LogP contribution is 2.21. The predicted molar refractivity (Wildman–Crippen MR) is 121 cm³/mol. The lowest BCUT2D eigenvalue weighted by Gasteiger charge is -2.28. The Balaban J connectivity index is 1.78. The van der Waals surface area contributed by atoms with E-state index in [2.05, 4.69) is 52.0 Å². The van der Waals surface area contributed by atoms with Gasteiger partial charge in [-0.3, -0.25) is 4.79 Å². The number of benzene rings is 1. The largest absolute Gasteiger partial charge is 0.394 e. The highest BCUT2D eigenvalue weighted by molar-refractivity contribution is 5.93. The summed E-state index contributed by atoms with van der Waals surface area (Å²) in [5.41, 5.74) is 4.40. The predicted octanol–water partition coefficient (Wildman–Crippen LogP) is 3.16. The summed E-state index contributed by atoms with van der Waals surface area (Å²) in [5.74, 6) is -0.300. The molecule has 31 heavy (non-hydrogen) atoms. The topological polar surface area (TPSA) is 98.0 Å². The summed E-state index contributed by atoms with van der Waals surface area (Å²) in [6.45, 7) is 1.76. The van der Waals surface area contributed by atoms with Gasteiger partial charge in [0.25, 0.3) is 5.91 Å². The van der Waals surface area contributed by atoms with E-state index < -0.39 is 6.10 Å². The molecule has 162 valence electrons. The van der Waals surface area contributed by atoms with Crippen molar-refractivity contribution >= 4 is 5.91 Å². The Morgan fingerprint density at radius 3 is 2.65 bits per heavy atom. The second-order valence-corrected chi connectivity index (χ2v) is 8.06. The van der Waals surface area contributed by atoms with Gasteiger partial charge in [0.1, 0.15) is 11.8 Å². The van der Waals surface area contributed by atoms with Crippen LogP contribution in [0, 0.1) is 18.3 Å². The third kappa shape index (κ3) is 5.93. The van der Waals surface area contributed by atoms with Gasteiger partial charge < -0.3 is 15.7 Å². The minimum atomic E-state index is -0.516. The Kier molecular flexibility index (Phi) is 7.80. The van der Waals surface area contributed by atoms with E-state index in [1.54, 1.807) is 13.0 Å². The minimum absolute atomic E-state index is 0.244. The van der Waals surface area contributed by atoms with Crippen molar-refractivity contribution in [3.05, 3.63) is 76.2 Å². The molecule has 1 heterocycles. The van der Waals surface area contributed by atoms with Crippen molar-refractivity contribution in [3.8, 4) is 6.07 Å². The fourth-order valence-electron chi connectivity index (χ4n) is 3.99. The molecule has 0 unspecified atom stereocenters. The molecular formula is C25H30N4O2. The van der Waals surface area contributed by atoms with Gasteiger partial charge in [-0.05, 0) is 61.6 Å². The van der Waals surface area contributed by atoms with Gasteiger partial charge in [0, 0.05) is 7.05 Å². The van der Waals surface area contributed by atoms with Crippen molar-refractivity contribution in [1.82, 2.24) is 15.6 Å². The van der Waals surface area contributed by atoms with Crippen molar-refractivity contribution in [2.75, 3.05) is 7.05 Å². The normalized spacial score (nSPS) is 18.5. The maximum Gasteiger partial charge on any atom is 0.270 e. The summed E-state index contributed by atoms with van der Waals surface area (Å²) in [6.07, 6.45) is 8.29. The Bertz CT molecular complexity index is 976. The first-order chi connectivity index (χ1) is 15.0. The van der Waals surface area contributed by atoms with E-state index in [4.69, 9.17) is 0 Å². The third-order valence-electron chi connectivity index (χ3n) is 5.73. The van der Waals surface area contributed by atoms with Crippen molar-refractivity contribution < 1.29 is 9.90 Å². The number of pyridine rings is 1. The number of carbonyl (C=O) groups excluding carboxylic acids is 1. The van der Waals surface area contributed by atoms with Crippen molar-refractivity contribution in [2.24, 2.45) is 0 Å². The van der Waals surface area contributed by atoms with Crippen LogP contribution >= 0.6 is 0 Å². The van der Waals surface area contributed by atoms with E-state index in [9.17, 15) is 15.2 Å². The summed E-state index contributed by atoms with van der Waals surface area (Å²) in [4.78, 5) is 17.2. The number of aryl methyl sites for hydroxylation is 1. The molecule has 2 aromatic rings. The number of rotatable bonds is 7. The van der Waals surface area contributed by atoms with E-state index >= 15 is 0 Å². The van der Waals surface area contributed by atoms with Gasteiger partial charge in [0.05, 0.1) is 23.4 Å². The van der Waals surface area contributed by atoms with Crippen LogP contribution in [0.4, 0.5) is 0 Å². The van der Waals surface area contributed by atoms with E-state index in [0.717, 1.165) is 36.8 Å². The maximum absolute atomic E-state index is 12.8. The molecule has 6 nitrogen and oxygen atoms in total. The van der Waals surface area contributed by atoms with Crippen LogP contribution < -0.4 is 10.6 Å². The lowest BCUT2D eigenvalue weighted by atomic mass is 9.92. The van der Waals surface area contributed by atoms with E-state index in [-0.39, 0.29) is 17.6 Å². The second-order valence-electron chi connectivity index (χ2n) is 8.06. The molecule has 0 spiro atoms. The van der Waals surface area contributed by atoms with Crippen molar-refractivity contribution in [1.29, 1.82) is 5.26 Å². The fraction of sp³-hybridized carbons (Fsp3) is 0.400. The number of allylic oxidation sites excluding steroid dienone is 1. The van der Waals surface area contributed by atoms with E-state index in [1.807, 2.05) is 13.2 Å². The van der Waals surface area contributed by atoms with Gasteiger partial charge in [-0.2, -0.15) is 5.26 Å². The van der Waals surface area contributed by atoms with Gasteiger partial charge in [-0.15, -0.1) is 0 Å². The number of aliphatic hydroxyl groups is 1. The van der Waals surface area contributed by atoms with Crippen LogP contribution in [0.25, 0.3) is 0 Å². The first-order valence-electron chi connectivity index (χ1n) is 10.8. The molecule has 0 bridgehead atoms. The summed E-state index contributed by atoms with van der Waals surface area (Å²) in [6, 6.07) is 12.0. The molecule has 6 heteroatoms. The van der Waals surface area contributed by atoms with Crippen LogP contribution in [0.15, 0.2) is 42.6 Å². The molecule has 1 aromatic heterocycles. The zero-order chi connectivity index (χ0) is 22.2. The summed E-state index contributed by atoms with van der Waals surface area (Å²) in [7, 11) is 1.87. The van der Waals surface area contributed by atoms with Gasteiger partial charge in [-0.25, -0.2) is 4.98 Å². The van der Waals surface area contributed by atoms with Crippen molar-refractivity contribution in [3.63, 3.8) is 0 Å². The summed E-state index contributed by atoms with van der Waals surface area (Å²) < 4.78 is 0.